The number of alkyl halides is 6. The molecule has 14 nitrogen and oxygen atoms in total. The van der Waals surface area contributed by atoms with E-state index in [2.05, 4.69) is 25.5 Å². The predicted octanol–water partition coefficient (Wildman–Crippen LogP) is 6.10. The molecular formula is C41H59F6N5O9. The van der Waals surface area contributed by atoms with E-state index in [-0.39, 0.29) is 88.6 Å². The van der Waals surface area contributed by atoms with Crippen LogP contribution >= 0.6 is 0 Å². The third-order valence-corrected chi connectivity index (χ3v) is 13.3. The molecule has 5 fully saturated rings. The second kappa shape index (κ2) is 18.6. The number of fused-ring (bicyclic) bond motifs is 2. The van der Waals surface area contributed by atoms with Gasteiger partial charge in [-0.25, -0.2) is 15.0 Å². The van der Waals surface area contributed by atoms with E-state index in [0.29, 0.717) is 32.1 Å². The molecule has 7 atom stereocenters. The van der Waals surface area contributed by atoms with Crippen LogP contribution in [0.15, 0.2) is 12.2 Å². The van der Waals surface area contributed by atoms with Crippen molar-refractivity contribution >= 4 is 29.8 Å². The van der Waals surface area contributed by atoms with E-state index in [4.69, 9.17) is 4.74 Å². The van der Waals surface area contributed by atoms with E-state index in [0.717, 1.165) is 6.42 Å². The third-order valence-electron chi connectivity index (χ3n) is 13.3. The van der Waals surface area contributed by atoms with Crippen molar-refractivity contribution in [3.8, 4) is 0 Å². The lowest BCUT2D eigenvalue weighted by molar-refractivity contribution is -0.347. The Labute approximate surface area is 351 Å². The summed E-state index contributed by atoms with van der Waals surface area (Å²) >= 11 is 0. The normalized spacial score (nSPS) is 36.4. The molecular weight excluding hydrogens is 820 g/mol. The Bertz CT molecular complexity index is 1640. The summed E-state index contributed by atoms with van der Waals surface area (Å²) in [6.45, 7) is 5.04. The largest absolute Gasteiger partial charge is 0.522 e. The molecule has 61 heavy (non-hydrogen) atoms. The van der Waals surface area contributed by atoms with Crippen LogP contribution in [-0.4, -0.2) is 112 Å². The number of nitrogens with zero attached hydrogens (tertiary/aromatic N) is 2. The zero-order valence-electron chi connectivity index (χ0n) is 34.8. The van der Waals surface area contributed by atoms with Gasteiger partial charge in [-0.1, -0.05) is 25.0 Å². The molecule has 0 aromatic rings. The number of carbonyl (C=O) groups is 5. The fourth-order valence-corrected chi connectivity index (χ4v) is 10.4. The summed E-state index contributed by atoms with van der Waals surface area (Å²) in [6.07, 6.45) is -4.58. The molecule has 3 saturated carbocycles. The van der Waals surface area contributed by atoms with Gasteiger partial charge in [0.15, 0.2) is 0 Å². The SMILES string of the molecule is CC(C)(C)OC(=O)N[C@@H]1CCCCC/C=C\[C@@H]2C[C@]2(C(=O)O)NC(=O)C2C[C@@H](N3NC[C@H](C4CCC(OC(F)(F)F)CC4)C(C4CCC(OC(F)(F)F)CC4)C3=O)CN2C1=O. The summed E-state index contributed by atoms with van der Waals surface area (Å²) in [5.41, 5.74) is 0.724. The first-order valence-corrected chi connectivity index (χ1v) is 21.6. The summed E-state index contributed by atoms with van der Waals surface area (Å²) in [4.78, 5) is 70.7. The molecule has 3 aliphatic carbocycles. The van der Waals surface area contributed by atoms with Crippen LogP contribution in [0.4, 0.5) is 31.1 Å². The highest BCUT2D eigenvalue weighted by Gasteiger charge is 2.62. The number of halogens is 6. The molecule has 0 radical (unpaired) electrons. The number of carboxylic acids is 1. The lowest BCUT2D eigenvalue weighted by Crippen LogP contribution is -2.62. The first-order valence-electron chi connectivity index (χ1n) is 21.6. The number of carbonyl (C=O) groups excluding carboxylic acids is 4. The molecule has 4 N–H and O–H groups in total. The van der Waals surface area contributed by atoms with Gasteiger partial charge >= 0.3 is 24.8 Å². The molecule has 3 heterocycles. The highest BCUT2D eigenvalue weighted by Crippen LogP contribution is 2.47. The number of hydrogen-bond donors (Lipinski definition) is 4. The fourth-order valence-electron chi connectivity index (χ4n) is 10.4. The molecule has 20 heteroatoms. The number of allylic oxidation sites excluding steroid dienone is 1. The van der Waals surface area contributed by atoms with E-state index < -0.39 is 95.8 Å². The number of ether oxygens (including phenoxy) is 3. The maximum Gasteiger partial charge on any atom is 0.522 e. The molecule has 0 spiro atoms. The fraction of sp³-hybridized carbons (Fsp3) is 0.829. The van der Waals surface area contributed by atoms with Crippen LogP contribution in [0.3, 0.4) is 0 Å². The van der Waals surface area contributed by atoms with Gasteiger partial charge in [0.05, 0.1) is 18.2 Å². The van der Waals surface area contributed by atoms with Crippen molar-refractivity contribution in [3.63, 3.8) is 0 Å². The maximum absolute atomic E-state index is 14.9. The van der Waals surface area contributed by atoms with Gasteiger partial charge in [-0.2, -0.15) is 0 Å². The van der Waals surface area contributed by atoms with Crippen molar-refractivity contribution in [1.29, 1.82) is 0 Å². The van der Waals surface area contributed by atoms with Gasteiger partial charge in [-0.05, 0) is 116 Å². The zero-order valence-corrected chi connectivity index (χ0v) is 34.8. The Hall–Kier alpha value is -3.65. The van der Waals surface area contributed by atoms with E-state index in [1.54, 1.807) is 26.8 Å². The van der Waals surface area contributed by atoms with E-state index in [9.17, 15) is 55.4 Å². The van der Waals surface area contributed by atoms with Gasteiger partial charge in [-0.15, -0.1) is 26.3 Å². The third kappa shape index (κ3) is 11.9. The Morgan fingerprint density at radius 3 is 2.02 bits per heavy atom. The minimum atomic E-state index is -4.83. The first kappa shape index (κ1) is 46.8. The van der Waals surface area contributed by atoms with Crippen LogP contribution in [0.25, 0.3) is 0 Å². The number of amides is 4. The zero-order chi connectivity index (χ0) is 44.5. The number of alkyl carbamates (subject to hydrolysis) is 1. The minimum absolute atomic E-state index is 0.0434. The van der Waals surface area contributed by atoms with Crippen LogP contribution in [0, 0.1) is 29.6 Å². The number of carboxylic acid groups (broad SMARTS) is 1. The van der Waals surface area contributed by atoms with E-state index >= 15 is 0 Å². The second-order valence-corrected chi connectivity index (χ2v) is 18.7. The minimum Gasteiger partial charge on any atom is -0.479 e. The standard InChI is InChI=1S/C41H59F6N5O9/c1-38(2,3)61-37(58)49-30-10-8-6-4-5-7-9-25-20-39(25,36(56)57)50-33(53)31-19-26(22-51(31)34(30)54)52-35(55)32(24-13-17-28(18-14-24)60-41(45,46)47)29(21-48-52)23-11-15-27(16-12-23)59-40(42,43)44/h7,9,23-32,48H,4-6,8,10-22H2,1-3H3,(H,49,58)(H,50,53)(H,56,57)/b9-7-/t23?,24?,25-,26-,27?,28?,29-,30-,31?,32?,39+/m1/s1. The van der Waals surface area contributed by atoms with Gasteiger partial charge in [0.25, 0.3) is 0 Å². The molecule has 6 aliphatic rings. The van der Waals surface area contributed by atoms with Crippen LogP contribution in [0.1, 0.15) is 117 Å². The number of nitrogens with one attached hydrogen (secondary N) is 3. The number of rotatable bonds is 7. The molecule has 3 aliphatic heterocycles. The topological polar surface area (TPSA) is 176 Å². The second-order valence-electron chi connectivity index (χ2n) is 18.7. The smallest absolute Gasteiger partial charge is 0.479 e. The summed E-state index contributed by atoms with van der Waals surface area (Å²) in [5, 5.41) is 17.0. The number of hydrazine groups is 1. The lowest BCUT2D eigenvalue weighted by atomic mass is 9.65. The van der Waals surface area contributed by atoms with Gasteiger partial charge in [0, 0.05) is 31.3 Å². The Morgan fingerprint density at radius 2 is 1.44 bits per heavy atom. The number of aliphatic carboxylic acids is 1. The Balaban J connectivity index is 1.27. The van der Waals surface area contributed by atoms with Crippen molar-refractivity contribution in [2.45, 2.75) is 171 Å². The first-order chi connectivity index (χ1) is 28.5. The summed E-state index contributed by atoms with van der Waals surface area (Å²) in [5.74, 6) is -5.15. The molecule has 0 bridgehead atoms. The molecule has 4 amide bonds. The maximum atomic E-state index is 14.9. The average molecular weight is 880 g/mol. The summed E-state index contributed by atoms with van der Waals surface area (Å²) < 4.78 is 92.6. The molecule has 2 unspecified atom stereocenters. The molecule has 0 aromatic carbocycles. The Morgan fingerprint density at radius 1 is 0.836 bits per heavy atom. The monoisotopic (exact) mass is 879 g/mol. The average Bonchev–Trinajstić information content (AvgIpc) is 3.67. The van der Waals surface area contributed by atoms with Crippen molar-refractivity contribution in [3.05, 3.63) is 12.2 Å². The van der Waals surface area contributed by atoms with E-state index in [1.807, 2.05) is 6.08 Å². The number of hydrogen-bond acceptors (Lipinski definition) is 9. The van der Waals surface area contributed by atoms with Crippen molar-refractivity contribution in [2.75, 3.05) is 13.1 Å². The van der Waals surface area contributed by atoms with Gasteiger partial charge in [0.1, 0.15) is 23.2 Å². The summed E-state index contributed by atoms with van der Waals surface area (Å²) in [6, 6.07) is -3.20. The van der Waals surface area contributed by atoms with Crippen LogP contribution in [0.2, 0.25) is 0 Å². The van der Waals surface area contributed by atoms with Gasteiger partial charge in [-0.3, -0.25) is 28.9 Å². The van der Waals surface area contributed by atoms with Crippen LogP contribution in [0.5, 0.6) is 0 Å². The van der Waals surface area contributed by atoms with Crippen LogP contribution < -0.4 is 16.1 Å². The van der Waals surface area contributed by atoms with Crippen molar-refractivity contribution in [1.82, 2.24) is 26.0 Å². The molecule has 2 saturated heterocycles. The lowest BCUT2D eigenvalue weighted by Gasteiger charge is -2.48. The van der Waals surface area contributed by atoms with Crippen molar-refractivity contribution < 1.29 is 69.6 Å². The molecule has 6 rings (SSSR count). The van der Waals surface area contributed by atoms with Crippen molar-refractivity contribution in [2.24, 2.45) is 29.6 Å². The van der Waals surface area contributed by atoms with Crippen LogP contribution in [-0.2, 0) is 33.4 Å². The quantitative estimate of drug-likeness (QED) is 0.173. The highest BCUT2D eigenvalue weighted by molar-refractivity contribution is 5.96. The Kier molecular flexibility index (Phi) is 14.3. The highest BCUT2D eigenvalue weighted by atomic mass is 19.4. The van der Waals surface area contributed by atoms with Gasteiger partial charge in [0.2, 0.25) is 17.7 Å². The summed E-state index contributed by atoms with van der Waals surface area (Å²) in [7, 11) is 0. The predicted molar refractivity (Wildman–Crippen MR) is 204 cm³/mol. The molecule has 0 aromatic heterocycles. The van der Waals surface area contributed by atoms with Gasteiger partial charge < -0.3 is 25.4 Å². The van der Waals surface area contributed by atoms with E-state index in [1.165, 1.54) is 9.91 Å². The molecule has 344 valence electrons.